The van der Waals surface area contributed by atoms with Gasteiger partial charge < -0.3 is 10.6 Å². The highest BCUT2D eigenvalue weighted by Gasteiger charge is 2.34. The van der Waals surface area contributed by atoms with Gasteiger partial charge in [-0.25, -0.2) is 9.97 Å². The first-order chi connectivity index (χ1) is 16.6. The van der Waals surface area contributed by atoms with Crippen LogP contribution in [0, 0.1) is 6.92 Å². The minimum atomic E-state index is -4.61. The van der Waals surface area contributed by atoms with E-state index in [9.17, 15) is 18.0 Å². The maximum absolute atomic E-state index is 13.8. The first kappa shape index (κ1) is 23.1. The Labute approximate surface area is 198 Å². The smallest absolute Gasteiger partial charge is 0.354 e. The van der Waals surface area contributed by atoms with Crippen molar-refractivity contribution in [2.45, 2.75) is 58.3 Å². The van der Waals surface area contributed by atoms with E-state index in [2.05, 4.69) is 30.8 Å². The molecular formula is C23H25F3N8O. The number of halogens is 3. The number of nitrogens with zero attached hydrogens (tertiary/aromatic N) is 6. The number of rotatable bonds is 4. The lowest BCUT2D eigenvalue weighted by atomic mass is 10.1. The van der Waals surface area contributed by atoms with Crippen molar-refractivity contribution >= 4 is 28.4 Å². The van der Waals surface area contributed by atoms with Gasteiger partial charge in [-0.2, -0.15) is 22.8 Å². The van der Waals surface area contributed by atoms with Gasteiger partial charge in [-0.1, -0.05) is 6.07 Å². The van der Waals surface area contributed by atoms with Gasteiger partial charge in [-0.3, -0.25) is 9.48 Å². The van der Waals surface area contributed by atoms with Crippen LogP contribution in [-0.2, 0) is 11.0 Å². The van der Waals surface area contributed by atoms with Crippen LogP contribution in [-0.4, -0.2) is 47.9 Å². The normalized spacial score (nSPS) is 17.2. The molecule has 4 aromatic rings. The van der Waals surface area contributed by atoms with Gasteiger partial charge in [0.15, 0.2) is 11.5 Å². The van der Waals surface area contributed by atoms with Gasteiger partial charge in [0.2, 0.25) is 11.9 Å². The molecule has 35 heavy (non-hydrogen) atoms. The summed E-state index contributed by atoms with van der Waals surface area (Å²) >= 11 is 0. The van der Waals surface area contributed by atoms with Crippen LogP contribution in [0.3, 0.4) is 0 Å². The van der Waals surface area contributed by atoms with E-state index in [1.165, 1.54) is 16.6 Å². The quantitative estimate of drug-likeness (QED) is 0.450. The molecule has 2 N–H and O–H groups in total. The highest BCUT2D eigenvalue weighted by Crippen LogP contribution is 2.36. The van der Waals surface area contributed by atoms with E-state index in [4.69, 9.17) is 0 Å². The number of fused-ring (bicyclic) bond motifs is 3. The van der Waals surface area contributed by atoms with Gasteiger partial charge >= 0.3 is 6.18 Å². The van der Waals surface area contributed by atoms with Crippen LogP contribution < -0.4 is 10.6 Å². The topological polar surface area (TPSA) is 102 Å². The van der Waals surface area contributed by atoms with E-state index < -0.39 is 17.8 Å². The number of hydrogen-bond acceptors (Lipinski definition) is 6. The number of hydrogen-bond donors (Lipinski definition) is 2. The summed E-state index contributed by atoms with van der Waals surface area (Å²) in [5.74, 6) is 0.115. The summed E-state index contributed by atoms with van der Waals surface area (Å²) in [5, 5.41) is 15.2. The summed E-state index contributed by atoms with van der Waals surface area (Å²) in [6.45, 7) is 6.36. The number of para-hydroxylation sites is 1. The van der Waals surface area contributed by atoms with Crippen molar-refractivity contribution in [3.63, 3.8) is 0 Å². The predicted octanol–water partition coefficient (Wildman–Crippen LogP) is 4.13. The summed E-state index contributed by atoms with van der Waals surface area (Å²) in [5.41, 5.74) is 0.447. The first-order valence-electron chi connectivity index (χ1n) is 11.5. The molecular weight excluding hydrogens is 461 g/mol. The number of aromatic nitrogens is 6. The number of alkyl halides is 3. The molecule has 12 heteroatoms. The lowest BCUT2D eigenvalue weighted by Gasteiger charge is -2.17. The predicted molar refractivity (Wildman–Crippen MR) is 124 cm³/mol. The van der Waals surface area contributed by atoms with Crippen LogP contribution in [0.4, 0.5) is 19.1 Å². The van der Waals surface area contributed by atoms with E-state index in [1.807, 2.05) is 27.0 Å². The maximum Gasteiger partial charge on any atom is 0.418 e. The van der Waals surface area contributed by atoms with Crippen molar-refractivity contribution in [1.29, 1.82) is 0 Å². The molecule has 1 saturated heterocycles. The number of carbonyl (C=O) groups excluding carboxylic acids is 1. The summed E-state index contributed by atoms with van der Waals surface area (Å²) in [6, 6.07) is 3.32. The summed E-state index contributed by atoms with van der Waals surface area (Å²) in [6.07, 6.45) is -0.654. The van der Waals surface area contributed by atoms with Crippen molar-refractivity contribution in [2.75, 3.05) is 11.9 Å². The van der Waals surface area contributed by atoms with Crippen LogP contribution >= 0.6 is 0 Å². The zero-order chi connectivity index (χ0) is 24.9. The molecule has 1 aliphatic rings. The van der Waals surface area contributed by atoms with Gasteiger partial charge in [0, 0.05) is 24.2 Å². The molecule has 0 saturated carbocycles. The Bertz CT molecular complexity index is 1420. The van der Waals surface area contributed by atoms with Crippen molar-refractivity contribution in [2.24, 2.45) is 0 Å². The third-order valence-corrected chi connectivity index (χ3v) is 6.13. The average Bonchev–Trinajstić information content (AvgIpc) is 3.35. The lowest BCUT2D eigenvalue weighted by Crippen LogP contribution is -2.38. The molecule has 5 rings (SSSR count). The molecule has 4 heterocycles. The number of carbonyl (C=O) groups is 1. The fraction of sp³-hybridized carbons (Fsp3) is 0.435. The molecule has 0 bridgehead atoms. The Hall–Kier alpha value is -3.70. The van der Waals surface area contributed by atoms with Crippen LogP contribution in [0.25, 0.3) is 27.9 Å². The van der Waals surface area contributed by atoms with Gasteiger partial charge in [0.1, 0.15) is 6.04 Å². The van der Waals surface area contributed by atoms with Crippen LogP contribution in [0.15, 0.2) is 24.4 Å². The van der Waals surface area contributed by atoms with Crippen molar-refractivity contribution < 1.29 is 18.0 Å². The van der Waals surface area contributed by atoms with E-state index >= 15 is 0 Å². The standard InChI is InChI=1S/C23H25F3N8O/c1-12(2)33-11-15(13(3)31-33)19-30-20-14-7-6-8-16(23(24,25)26)18(14)29-22(34(20)32-19)28-17-9-4-5-10-27-21(17)35/h6-8,11-12,17H,4-5,9-10H2,1-3H3,(H,27,35)(H,28,29)/t17-/m1/s1. The summed E-state index contributed by atoms with van der Waals surface area (Å²) < 4.78 is 44.7. The molecule has 1 aromatic carbocycles. The lowest BCUT2D eigenvalue weighted by molar-refractivity contribution is -0.136. The first-order valence-corrected chi connectivity index (χ1v) is 11.5. The Morgan fingerprint density at radius 3 is 2.69 bits per heavy atom. The second-order valence-corrected chi connectivity index (χ2v) is 8.99. The van der Waals surface area contributed by atoms with Gasteiger partial charge in [-0.15, -0.1) is 5.10 Å². The number of aryl methyl sites for hydroxylation is 1. The van der Waals surface area contributed by atoms with Gasteiger partial charge in [-0.05, 0) is 52.2 Å². The number of benzene rings is 1. The van der Waals surface area contributed by atoms with E-state index in [0.717, 1.165) is 18.9 Å². The molecule has 0 unspecified atom stereocenters. The Morgan fingerprint density at radius 2 is 1.97 bits per heavy atom. The van der Waals surface area contributed by atoms with Crippen LogP contribution in [0.1, 0.15) is 50.4 Å². The second kappa shape index (κ2) is 8.51. The van der Waals surface area contributed by atoms with Crippen molar-refractivity contribution in [3.05, 3.63) is 35.7 Å². The van der Waals surface area contributed by atoms with E-state index in [1.54, 1.807) is 4.68 Å². The largest absolute Gasteiger partial charge is 0.418 e. The second-order valence-electron chi connectivity index (χ2n) is 8.99. The molecule has 0 radical (unpaired) electrons. The molecule has 1 aliphatic heterocycles. The number of nitrogens with one attached hydrogen (secondary N) is 2. The molecule has 1 atom stereocenters. The van der Waals surface area contributed by atoms with Gasteiger partial charge in [0.25, 0.3) is 0 Å². The number of anilines is 1. The van der Waals surface area contributed by atoms with Crippen LogP contribution in [0.5, 0.6) is 0 Å². The van der Waals surface area contributed by atoms with Crippen molar-refractivity contribution in [1.82, 2.24) is 34.7 Å². The van der Waals surface area contributed by atoms with Crippen molar-refractivity contribution in [3.8, 4) is 11.4 Å². The minimum Gasteiger partial charge on any atom is -0.354 e. The van der Waals surface area contributed by atoms with Crippen LogP contribution in [0.2, 0.25) is 0 Å². The summed E-state index contributed by atoms with van der Waals surface area (Å²) in [7, 11) is 0. The summed E-state index contributed by atoms with van der Waals surface area (Å²) in [4.78, 5) is 21.5. The maximum atomic E-state index is 13.8. The molecule has 9 nitrogen and oxygen atoms in total. The fourth-order valence-electron chi connectivity index (χ4n) is 4.27. The van der Waals surface area contributed by atoms with E-state index in [0.29, 0.717) is 30.0 Å². The average molecular weight is 487 g/mol. The SMILES string of the molecule is Cc1nn(C(C)C)cc1-c1nc2c3cccc(C(F)(F)F)c3nc(N[C@@H]3CCCCNC3=O)n2n1. The molecule has 0 aliphatic carbocycles. The zero-order valence-electron chi connectivity index (χ0n) is 19.5. The Balaban J connectivity index is 1.74. The third-order valence-electron chi connectivity index (χ3n) is 6.13. The monoisotopic (exact) mass is 486 g/mol. The molecule has 0 spiro atoms. The fourth-order valence-corrected chi connectivity index (χ4v) is 4.27. The molecule has 184 valence electrons. The van der Waals surface area contributed by atoms with E-state index in [-0.39, 0.29) is 34.4 Å². The molecule has 1 amide bonds. The highest BCUT2D eigenvalue weighted by atomic mass is 19.4. The third kappa shape index (κ3) is 4.17. The zero-order valence-corrected chi connectivity index (χ0v) is 19.5. The number of amides is 1. The Morgan fingerprint density at radius 1 is 1.17 bits per heavy atom. The minimum absolute atomic E-state index is 0.0268. The highest BCUT2D eigenvalue weighted by molar-refractivity contribution is 5.95. The molecule has 3 aromatic heterocycles. The molecule has 1 fully saturated rings. The van der Waals surface area contributed by atoms with Gasteiger partial charge in [0.05, 0.1) is 22.3 Å². The Kier molecular flexibility index (Phi) is 5.60.